The van der Waals surface area contributed by atoms with Gasteiger partial charge in [-0.05, 0) is 115 Å². The lowest BCUT2D eigenvalue weighted by atomic mass is 10.2. The van der Waals surface area contributed by atoms with Gasteiger partial charge in [0.15, 0.2) is 0 Å². The number of ether oxygens (including phenoxy) is 1. The highest BCUT2D eigenvalue weighted by Crippen LogP contribution is 2.31. The third kappa shape index (κ3) is 4.83. The molecule has 2 rings (SSSR count). The zero-order valence-corrected chi connectivity index (χ0v) is 20.7. The molecular formula is C13H5I4O6S-. The number of esters is 1. The van der Waals surface area contributed by atoms with Crippen molar-refractivity contribution in [3.63, 3.8) is 0 Å². The first-order valence-corrected chi connectivity index (χ1v) is 11.6. The summed E-state index contributed by atoms with van der Waals surface area (Å²) in [5.74, 6) is -0.448. The molecule has 2 aromatic rings. The lowest BCUT2D eigenvalue weighted by molar-refractivity contribution is 0.0734. The number of benzene rings is 2. The zero-order chi connectivity index (χ0) is 18.2. The molecule has 2 aromatic carbocycles. The van der Waals surface area contributed by atoms with Crippen molar-refractivity contribution in [3.8, 4) is 11.5 Å². The molecule has 0 aromatic heterocycles. The first-order chi connectivity index (χ1) is 11.0. The van der Waals surface area contributed by atoms with Gasteiger partial charge in [0.1, 0.15) is 21.6 Å². The Bertz CT molecular complexity index is 895. The largest absolute Gasteiger partial charge is 0.744 e. The predicted molar refractivity (Wildman–Crippen MR) is 118 cm³/mol. The van der Waals surface area contributed by atoms with Gasteiger partial charge in [-0.2, -0.15) is 0 Å². The molecule has 1 N–H and O–H groups in total. The van der Waals surface area contributed by atoms with Gasteiger partial charge in [0, 0.05) is 7.14 Å². The van der Waals surface area contributed by atoms with Gasteiger partial charge in [0.25, 0.3) is 0 Å². The normalized spacial score (nSPS) is 11.4. The van der Waals surface area contributed by atoms with E-state index in [4.69, 9.17) is 4.74 Å². The molecule has 0 atom stereocenters. The second-order valence-electron chi connectivity index (χ2n) is 4.35. The molecule has 6 nitrogen and oxygen atoms in total. The summed E-state index contributed by atoms with van der Waals surface area (Å²) in [5.41, 5.74) is 0.243. The van der Waals surface area contributed by atoms with Gasteiger partial charge in [-0.3, -0.25) is 0 Å². The van der Waals surface area contributed by atoms with E-state index in [-0.39, 0.29) is 29.1 Å². The minimum atomic E-state index is -4.61. The summed E-state index contributed by atoms with van der Waals surface area (Å²) in [4.78, 5) is 11.9. The van der Waals surface area contributed by atoms with Gasteiger partial charge >= 0.3 is 5.97 Å². The van der Waals surface area contributed by atoms with Crippen molar-refractivity contribution in [2.24, 2.45) is 0 Å². The molecule has 128 valence electrons. The van der Waals surface area contributed by atoms with E-state index in [1.165, 1.54) is 24.3 Å². The molecule has 0 fully saturated rings. The maximum absolute atomic E-state index is 12.2. The maximum atomic E-state index is 12.2. The van der Waals surface area contributed by atoms with Crippen molar-refractivity contribution in [2.75, 3.05) is 0 Å². The van der Waals surface area contributed by atoms with Crippen LogP contribution in [0.25, 0.3) is 0 Å². The third-order valence-electron chi connectivity index (χ3n) is 2.68. The molecule has 0 saturated heterocycles. The van der Waals surface area contributed by atoms with Crippen LogP contribution in [0.15, 0.2) is 29.2 Å². The lowest BCUT2D eigenvalue weighted by Crippen LogP contribution is -2.11. The number of phenolic OH excluding ortho intramolecular Hbond substituents is 1. The number of hydrogen-bond donors (Lipinski definition) is 1. The van der Waals surface area contributed by atoms with Gasteiger partial charge in [-0.15, -0.1) is 0 Å². The molecule has 0 aliphatic rings. The highest BCUT2D eigenvalue weighted by molar-refractivity contribution is 14.1. The monoisotopic (exact) mass is 797 g/mol. The fourth-order valence-corrected chi connectivity index (χ4v) is 7.38. The van der Waals surface area contributed by atoms with E-state index in [0.717, 1.165) is 0 Å². The molecule has 0 spiro atoms. The Morgan fingerprint density at radius 2 is 1.42 bits per heavy atom. The Morgan fingerprint density at radius 1 is 0.958 bits per heavy atom. The van der Waals surface area contributed by atoms with E-state index in [0.29, 0.717) is 7.14 Å². The second-order valence-corrected chi connectivity index (χ2v) is 10.3. The number of carbonyl (C=O) groups excluding carboxylic acids is 1. The highest BCUT2D eigenvalue weighted by Gasteiger charge is 2.17. The number of hydrogen-bond acceptors (Lipinski definition) is 6. The van der Waals surface area contributed by atoms with Crippen LogP contribution in [0.1, 0.15) is 10.4 Å². The Kier molecular flexibility index (Phi) is 6.99. The van der Waals surface area contributed by atoms with Gasteiger partial charge in [-0.25, -0.2) is 13.2 Å². The van der Waals surface area contributed by atoms with Crippen LogP contribution in [0, 0.1) is 14.3 Å². The lowest BCUT2D eigenvalue weighted by Gasteiger charge is -2.13. The Balaban J connectivity index is 2.37. The summed E-state index contributed by atoms with van der Waals surface area (Å²) >= 11 is 7.20. The van der Waals surface area contributed by atoms with Crippen LogP contribution in [0.2, 0.25) is 0 Å². The van der Waals surface area contributed by atoms with E-state index >= 15 is 0 Å². The quantitative estimate of drug-likeness (QED) is 0.219. The third-order valence-corrected chi connectivity index (χ3v) is 7.70. The van der Waals surface area contributed by atoms with E-state index in [2.05, 4.69) is 0 Å². The number of aromatic hydroxyl groups is 1. The molecule has 0 unspecified atom stereocenters. The summed E-state index contributed by atoms with van der Waals surface area (Å²) in [6.07, 6.45) is 0. The molecule has 0 saturated carbocycles. The van der Waals surface area contributed by atoms with Crippen LogP contribution >= 0.6 is 90.4 Å². The summed E-state index contributed by atoms with van der Waals surface area (Å²) in [7, 11) is -4.61. The van der Waals surface area contributed by atoms with Gasteiger partial charge < -0.3 is 14.4 Å². The summed E-state index contributed by atoms with van der Waals surface area (Å²) < 4.78 is 40.3. The summed E-state index contributed by atoms with van der Waals surface area (Å²) in [6, 6.07) is 5.57. The second kappa shape index (κ2) is 8.05. The van der Waals surface area contributed by atoms with Crippen LogP contribution < -0.4 is 4.74 Å². The van der Waals surface area contributed by atoms with Gasteiger partial charge in [0.05, 0.1) is 17.6 Å². The molecule has 24 heavy (non-hydrogen) atoms. The molecule has 0 bridgehead atoms. The van der Waals surface area contributed by atoms with Crippen LogP contribution in [0.5, 0.6) is 11.5 Å². The maximum Gasteiger partial charge on any atom is 0.343 e. The highest BCUT2D eigenvalue weighted by atomic mass is 127. The average molecular weight is 797 g/mol. The van der Waals surface area contributed by atoms with Crippen LogP contribution in [0.3, 0.4) is 0 Å². The minimum Gasteiger partial charge on any atom is -0.744 e. The Hall–Kier alpha value is 0.540. The van der Waals surface area contributed by atoms with Crippen LogP contribution in [0.4, 0.5) is 0 Å². The smallest absolute Gasteiger partial charge is 0.343 e. The minimum absolute atomic E-state index is 0.0850. The van der Waals surface area contributed by atoms with Crippen molar-refractivity contribution in [3.05, 3.63) is 44.1 Å². The van der Waals surface area contributed by atoms with Crippen LogP contribution in [-0.4, -0.2) is 24.0 Å². The van der Waals surface area contributed by atoms with Gasteiger partial charge in [-0.1, -0.05) is 0 Å². The fraction of sp³-hybridized carbons (Fsp3) is 0. The molecule has 0 aliphatic carbocycles. The SMILES string of the molecule is O=C(Oc1cc(I)c(S(=O)(=O)[O-])c(I)c1)c1cc(I)c(O)c(I)c1. The zero-order valence-electron chi connectivity index (χ0n) is 11.2. The number of phenols is 1. The van der Waals surface area contributed by atoms with Gasteiger partial charge in [0.2, 0.25) is 0 Å². The molecule has 11 heteroatoms. The fourth-order valence-electron chi connectivity index (χ4n) is 1.68. The molecule has 0 amide bonds. The standard InChI is InChI=1S/C13H6I4O6S/c14-7-1-5(2-8(15)11(7)18)13(19)23-6-3-9(16)12(10(17)4-6)24(20,21)22/h1-4,18H,(H,20,21,22)/p-1. The number of halogens is 4. The topological polar surface area (TPSA) is 104 Å². The first-order valence-electron chi connectivity index (χ1n) is 5.86. The number of carbonyl (C=O) groups is 1. The molecule has 0 aliphatic heterocycles. The van der Waals surface area contributed by atoms with E-state index in [9.17, 15) is 22.9 Å². The predicted octanol–water partition coefficient (Wildman–Crippen LogP) is 3.93. The van der Waals surface area contributed by atoms with Crippen molar-refractivity contribution in [2.45, 2.75) is 4.90 Å². The molecular weight excluding hydrogens is 792 g/mol. The summed E-state index contributed by atoms with van der Waals surface area (Å²) in [6.45, 7) is 0. The Labute approximate surface area is 192 Å². The molecule has 0 radical (unpaired) electrons. The van der Waals surface area contributed by atoms with Crippen LogP contribution in [-0.2, 0) is 10.1 Å². The molecule has 0 heterocycles. The number of rotatable bonds is 3. The van der Waals surface area contributed by atoms with Crippen molar-refractivity contribution < 1.29 is 27.6 Å². The van der Waals surface area contributed by atoms with Crippen molar-refractivity contribution in [1.82, 2.24) is 0 Å². The van der Waals surface area contributed by atoms with Crippen molar-refractivity contribution in [1.29, 1.82) is 0 Å². The first kappa shape index (κ1) is 20.8. The van der Waals surface area contributed by atoms with Crippen molar-refractivity contribution >= 4 is 106 Å². The van der Waals surface area contributed by atoms with E-state index in [1.54, 1.807) is 45.2 Å². The van der Waals surface area contributed by atoms with E-state index < -0.39 is 16.1 Å². The summed E-state index contributed by atoms with van der Waals surface area (Å²) in [5, 5.41) is 9.73. The van der Waals surface area contributed by atoms with E-state index in [1.807, 2.05) is 45.2 Å². The average Bonchev–Trinajstić information content (AvgIpc) is 2.41. The Morgan fingerprint density at radius 3 is 1.83 bits per heavy atom.